The molecular formula is C21H25F3N2O2. The van der Waals surface area contributed by atoms with E-state index in [1.54, 1.807) is 26.0 Å². The van der Waals surface area contributed by atoms with E-state index in [0.29, 0.717) is 11.1 Å². The van der Waals surface area contributed by atoms with E-state index in [2.05, 4.69) is 5.43 Å². The Morgan fingerprint density at radius 2 is 1.79 bits per heavy atom. The van der Waals surface area contributed by atoms with Gasteiger partial charge in [0.05, 0.1) is 0 Å². The highest BCUT2D eigenvalue weighted by atomic mass is 19.4. The number of carbonyl (C=O) groups excluding carboxylic acids is 1. The normalized spacial score (nSPS) is 18.9. The molecule has 3 rings (SSSR count). The van der Waals surface area contributed by atoms with Gasteiger partial charge < -0.3 is 4.74 Å². The highest BCUT2D eigenvalue weighted by Gasteiger charge is 2.53. The molecule has 0 radical (unpaired) electrons. The lowest BCUT2D eigenvalue weighted by molar-refractivity contribution is -0.203. The molecular weight excluding hydrogens is 369 g/mol. The SMILES string of the molecule is CC(C)(C)Oc1cc([C@H](N2NC(=O)CC2(C)C)C(F)(F)F)cc2ccccc12. The molecule has 7 heteroatoms. The molecule has 1 N–H and O–H groups in total. The number of hydrogen-bond acceptors (Lipinski definition) is 3. The number of alkyl halides is 3. The molecule has 0 saturated carbocycles. The van der Waals surface area contributed by atoms with E-state index in [9.17, 15) is 18.0 Å². The van der Waals surface area contributed by atoms with Crippen molar-refractivity contribution in [1.29, 1.82) is 0 Å². The smallest absolute Gasteiger partial charge is 0.409 e. The zero-order valence-electron chi connectivity index (χ0n) is 16.6. The Morgan fingerprint density at radius 3 is 2.32 bits per heavy atom. The van der Waals surface area contributed by atoms with Crippen LogP contribution >= 0.6 is 0 Å². The number of hydrazine groups is 1. The summed E-state index contributed by atoms with van der Waals surface area (Å²) in [6.45, 7) is 8.78. The van der Waals surface area contributed by atoms with E-state index >= 15 is 0 Å². The van der Waals surface area contributed by atoms with Crippen LogP contribution in [0.2, 0.25) is 0 Å². The van der Waals surface area contributed by atoms with Gasteiger partial charge in [0.1, 0.15) is 11.4 Å². The fourth-order valence-electron chi connectivity index (χ4n) is 3.57. The number of ether oxygens (including phenoxy) is 1. The summed E-state index contributed by atoms with van der Waals surface area (Å²) in [6.07, 6.45) is -4.59. The van der Waals surface area contributed by atoms with Gasteiger partial charge in [-0.2, -0.15) is 18.2 Å². The first-order chi connectivity index (χ1) is 12.8. The fourth-order valence-corrected chi connectivity index (χ4v) is 3.57. The Hall–Kier alpha value is -2.28. The van der Waals surface area contributed by atoms with Gasteiger partial charge in [-0.05, 0) is 57.7 Å². The van der Waals surface area contributed by atoms with Gasteiger partial charge in [-0.25, -0.2) is 0 Å². The number of fused-ring (bicyclic) bond motifs is 1. The monoisotopic (exact) mass is 394 g/mol. The van der Waals surface area contributed by atoms with E-state index in [1.165, 1.54) is 12.1 Å². The molecule has 0 unspecified atom stereocenters. The molecule has 1 aliphatic heterocycles. The second-order valence-corrected chi connectivity index (χ2v) is 8.79. The van der Waals surface area contributed by atoms with Gasteiger partial charge in [-0.1, -0.05) is 24.3 Å². The van der Waals surface area contributed by atoms with Crippen molar-refractivity contribution in [1.82, 2.24) is 10.4 Å². The number of amides is 1. The van der Waals surface area contributed by atoms with Crippen LogP contribution in [0.3, 0.4) is 0 Å². The largest absolute Gasteiger partial charge is 0.487 e. The zero-order chi connectivity index (χ0) is 20.9. The molecule has 1 fully saturated rings. The van der Waals surface area contributed by atoms with Gasteiger partial charge in [-0.3, -0.25) is 10.2 Å². The molecule has 0 spiro atoms. The Bertz CT molecular complexity index is 901. The van der Waals surface area contributed by atoms with E-state index in [0.717, 1.165) is 10.4 Å². The van der Waals surface area contributed by atoms with Crippen molar-refractivity contribution < 1.29 is 22.7 Å². The van der Waals surface area contributed by atoms with Crippen molar-refractivity contribution in [2.24, 2.45) is 0 Å². The Morgan fingerprint density at radius 1 is 1.14 bits per heavy atom. The van der Waals surface area contributed by atoms with Crippen molar-refractivity contribution in [2.75, 3.05) is 0 Å². The molecule has 152 valence electrons. The van der Waals surface area contributed by atoms with Crippen LogP contribution in [0.4, 0.5) is 13.2 Å². The van der Waals surface area contributed by atoms with Gasteiger partial charge in [0.2, 0.25) is 5.91 Å². The Labute approximate surface area is 162 Å². The summed E-state index contributed by atoms with van der Waals surface area (Å²) in [4.78, 5) is 11.9. The maximum Gasteiger partial charge on any atom is 0.409 e. The second kappa shape index (κ2) is 6.65. The average Bonchev–Trinajstić information content (AvgIpc) is 2.77. The lowest BCUT2D eigenvalue weighted by Gasteiger charge is -2.38. The van der Waals surface area contributed by atoms with Crippen LogP contribution in [0.5, 0.6) is 5.75 Å². The van der Waals surface area contributed by atoms with Crippen LogP contribution in [0.25, 0.3) is 10.8 Å². The minimum absolute atomic E-state index is 0.00148. The quantitative estimate of drug-likeness (QED) is 0.784. The van der Waals surface area contributed by atoms with Crippen LogP contribution in [0.15, 0.2) is 36.4 Å². The minimum Gasteiger partial charge on any atom is -0.487 e. The molecule has 1 amide bonds. The lowest BCUT2D eigenvalue weighted by Crippen LogP contribution is -2.51. The number of nitrogens with one attached hydrogen (secondary N) is 1. The number of benzene rings is 2. The van der Waals surface area contributed by atoms with Crippen LogP contribution in [0, 0.1) is 0 Å². The number of hydrogen-bond donors (Lipinski definition) is 1. The number of rotatable bonds is 3. The molecule has 1 heterocycles. The van der Waals surface area contributed by atoms with Crippen LogP contribution in [-0.4, -0.2) is 28.2 Å². The molecule has 0 aromatic heterocycles. The maximum absolute atomic E-state index is 14.2. The molecule has 4 nitrogen and oxygen atoms in total. The molecule has 1 atom stereocenters. The Balaban J connectivity index is 2.19. The van der Waals surface area contributed by atoms with Gasteiger partial charge in [0.25, 0.3) is 0 Å². The average molecular weight is 394 g/mol. The van der Waals surface area contributed by atoms with Crippen molar-refractivity contribution >= 4 is 16.7 Å². The van der Waals surface area contributed by atoms with Crippen LogP contribution in [0.1, 0.15) is 52.6 Å². The number of nitrogens with zero attached hydrogens (tertiary/aromatic N) is 1. The summed E-state index contributed by atoms with van der Waals surface area (Å²) in [7, 11) is 0. The first-order valence-electron chi connectivity index (χ1n) is 9.15. The lowest BCUT2D eigenvalue weighted by atomic mass is 9.95. The predicted octanol–water partition coefficient (Wildman–Crippen LogP) is 5.14. The van der Waals surface area contributed by atoms with Gasteiger partial charge in [0, 0.05) is 17.3 Å². The zero-order valence-corrected chi connectivity index (χ0v) is 16.6. The standard InChI is InChI=1S/C21H25F3N2O2/c1-19(2,3)28-16-11-14(10-13-8-6-7-9-15(13)16)18(21(22,23)24)26-20(4,5)12-17(27)25-26/h6-11,18H,12H2,1-5H3,(H,25,27)/t18-/m0/s1. The third kappa shape index (κ3) is 4.09. The highest BCUT2D eigenvalue weighted by Crippen LogP contribution is 2.45. The molecule has 0 bridgehead atoms. The molecule has 2 aromatic carbocycles. The minimum atomic E-state index is -4.59. The summed E-state index contributed by atoms with van der Waals surface area (Å²) in [6, 6.07) is 8.15. The summed E-state index contributed by atoms with van der Waals surface area (Å²) < 4.78 is 48.5. The summed E-state index contributed by atoms with van der Waals surface area (Å²) >= 11 is 0. The number of halogens is 3. The molecule has 0 aliphatic carbocycles. The summed E-state index contributed by atoms with van der Waals surface area (Å²) in [5, 5.41) is 2.41. The van der Waals surface area contributed by atoms with Gasteiger partial charge in [0.15, 0.2) is 6.04 Å². The van der Waals surface area contributed by atoms with Crippen LogP contribution < -0.4 is 10.2 Å². The molecule has 28 heavy (non-hydrogen) atoms. The summed E-state index contributed by atoms with van der Waals surface area (Å²) in [5.74, 6) is -0.0376. The Kier molecular flexibility index (Phi) is 4.86. The first-order valence-corrected chi connectivity index (χ1v) is 9.15. The predicted molar refractivity (Wildman–Crippen MR) is 102 cm³/mol. The second-order valence-electron chi connectivity index (χ2n) is 8.79. The van der Waals surface area contributed by atoms with E-state index in [-0.39, 0.29) is 12.0 Å². The van der Waals surface area contributed by atoms with E-state index in [4.69, 9.17) is 4.74 Å². The molecule has 1 saturated heterocycles. The first kappa shape index (κ1) is 20.5. The van der Waals surface area contributed by atoms with Crippen LogP contribution in [-0.2, 0) is 4.79 Å². The molecule has 1 aliphatic rings. The summed E-state index contributed by atoms with van der Waals surface area (Å²) in [5.41, 5.74) is 0.876. The topological polar surface area (TPSA) is 41.6 Å². The third-order valence-electron chi connectivity index (χ3n) is 4.64. The third-order valence-corrected chi connectivity index (χ3v) is 4.64. The van der Waals surface area contributed by atoms with Gasteiger partial charge >= 0.3 is 6.18 Å². The van der Waals surface area contributed by atoms with Crippen molar-refractivity contribution in [2.45, 2.75) is 64.4 Å². The maximum atomic E-state index is 14.2. The van der Waals surface area contributed by atoms with E-state index < -0.39 is 29.3 Å². The van der Waals surface area contributed by atoms with Crippen molar-refractivity contribution in [3.05, 3.63) is 42.0 Å². The fraction of sp³-hybridized carbons (Fsp3) is 0.476. The highest BCUT2D eigenvalue weighted by molar-refractivity contribution is 5.89. The van der Waals surface area contributed by atoms with Gasteiger partial charge in [-0.15, -0.1) is 0 Å². The molecule has 2 aromatic rings. The van der Waals surface area contributed by atoms with Crippen molar-refractivity contribution in [3.8, 4) is 5.75 Å². The van der Waals surface area contributed by atoms with Crippen molar-refractivity contribution in [3.63, 3.8) is 0 Å². The van der Waals surface area contributed by atoms with E-state index in [1.807, 2.05) is 32.9 Å². The number of carbonyl (C=O) groups is 1.